The van der Waals surface area contributed by atoms with Crippen LogP contribution in [0.25, 0.3) is 5.82 Å². The average molecular weight is 243 g/mol. The van der Waals surface area contributed by atoms with E-state index in [0.29, 0.717) is 0 Å². The van der Waals surface area contributed by atoms with Crippen molar-refractivity contribution in [2.24, 2.45) is 0 Å². The van der Waals surface area contributed by atoms with E-state index < -0.39 is 0 Å². The van der Waals surface area contributed by atoms with E-state index in [1.54, 1.807) is 10.9 Å². The summed E-state index contributed by atoms with van der Waals surface area (Å²) in [4.78, 5) is 4.36. The number of nitrogens with zero attached hydrogens (tertiary/aromatic N) is 3. The molecule has 0 aromatic carbocycles. The van der Waals surface area contributed by atoms with E-state index in [0.717, 1.165) is 22.6 Å². The van der Waals surface area contributed by atoms with Crippen LogP contribution in [0.3, 0.4) is 0 Å². The Hall–Kier alpha value is -2.30. The summed E-state index contributed by atoms with van der Waals surface area (Å²) < 4.78 is 12.3. The molecular weight excluding hydrogens is 230 g/mol. The molecule has 0 saturated heterocycles. The first kappa shape index (κ1) is 10.8. The quantitative estimate of drug-likeness (QED) is 0.812. The molecule has 0 N–H and O–H groups in total. The molecule has 18 heavy (non-hydrogen) atoms. The SMILES string of the molecule is Cc1cn(-c2ccc(C3OC=CO3)cn2)nc1C. The minimum atomic E-state index is -0.382. The molecule has 0 aliphatic carbocycles. The highest BCUT2D eigenvalue weighted by Gasteiger charge is 2.15. The number of aryl methyl sites for hydroxylation is 2. The first-order chi connectivity index (χ1) is 8.74. The van der Waals surface area contributed by atoms with Gasteiger partial charge in [0.25, 0.3) is 6.29 Å². The molecule has 1 aliphatic rings. The average Bonchev–Trinajstić information content (AvgIpc) is 3.01. The molecule has 2 aromatic heterocycles. The van der Waals surface area contributed by atoms with Gasteiger partial charge in [0.15, 0.2) is 5.82 Å². The van der Waals surface area contributed by atoms with E-state index in [-0.39, 0.29) is 6.29 Å². The fourth-order valence-electron chi connectivity index (χ4n) is 1.73. The van der Waals surface area contributed by atoms with Gasteiger partial charge < -0.3 is 9.47 Å². The van der Waals surface area contributed by atoms with Crippen molar-refractivity contribution in [3.05, 3.63) is 53.9 Å². The number of rotatable bonds is 2. The van der Waals surface area contributed by atoms with Crippen LogP contribution in [0.4, 0.5) is 0 Å². The van der Waals surface area contributed by atoms with Crippen LogP contribution in [0.5, 0.6) is 0 Å². The summed E-state index contributed by atoms with van der Waals surface area (Å²) in [5.41, 5.74) is 3.03. The topological polar surface area (TPSA) is 49.2 Å². The highest BCUT2D eigenvalue weighted by atomic mass is 16.7. The normalized spacial score (nSPS) is 14.6. The zero-order chi connectivity index (χ0) is 12.5. The minimum absolute atomic E-state index is 0.382. The molecule has 0 spiro atoms. The monoisotopic (exact) mass is 243 g/mol. The van der Waals surface area contributed by atoms with Gasteiger partial charge in [0.1, 0.15) is 12.5 Å². The van der Waals surface area contributed by atoms with Crippen LogP contribution < -0.4 is 0 Å². The van der Waals surface area contributed by atoms with Crippen molar-refractivity contribution in [3.63, 3.8) is 0 Å². The van der Waals surface area contributed by atoms with Gasteiger partial charge in [0, 0.05) is 12.4 Å². The smallest absolute Gasteiger partial charge is 0.267 e. The molecule has 2 aromatic rings. The predicted molar refractivity (Wildman–Crippen MR) is 64.9 cm³/mol. The van der Waals surface area contributed by atoms with Crippen LogP contribution in [0, 0.1) is 13.8 Å². The van der Waals surface area contributed by atoms with Crippen LogP contribution in [0.15, 0.2) is 37.1 Å². The largest absolute Gasteiger partial charge is 0.455 e. The van der Waals surface area contributed by atoms with Crippen molar-refractivity contribution in [3.8, 4) is 5.82 Å². The Bertz CT molecular complexity index is 559. The lowest BCUT2D eigenvalue weighted by Crippen LogP contribution is -2.02. The van der Waals surface area contributed by atoms with Crippen LogP contribution in [-0.2, 0) is 9.47 Å². The Morgan fingerprint density at radius 3 is 2.50 bits per heavy atom. The Labute approximate surface area is 105 Å². The van der Waals surface area contributed by atoms with E-state index in [1.807, 2.05) is 32.2 Å². The fourth-order valence-corrected chi connectivity index (χ4v) is 1.73. The second-order valence-electron chi connectivity index (χ2n) is 4.17. The van der Waals surface area contributed by atoms with Crippen LogP contribution >= 0.6 is 0 Å². The second kappa shape index (κ2) is 4.18. The zero-order valence-corrected chi connectivity index (χ0v) is 10.2. The van der Waals surface area contributed by atoms with Crippen molar-refractivity contribution in [1.82, 2.24) is 14.8 Å². The molecule has 0 fully saturated rings. The standard InChI is InChI=1S/C13H13N3O2/c1-9-8-16(15-10(9)2)12-4-3-11(7-14-12)13-17-5-6-18-13/h3-8,13H,1-2H3. The van der Waals surface area contributed by atoms with E-state index >= 15 is 0 Å². The lowest BCUT2D eigenvalue weighted by molar-refractivity contribution is -0.0248. The van der Waals surface area contributed by atoms with Crippen LogP contribution in [-0.4, -0.2) is 14.8 Å². The fraction of sp³-hybridized carbons (Fsp3) is 0.231. The van der Waals surface area contributed by atoms with Gasteiger partial charge in [-0.3, -0.25) is 0 Å². The van der Waals surface area contributed by atoms with Gasteiger partial charge in [-0.05, 0) is 31.5 Å². The van der Waals surface area contributed by atoms with Crippen molar-refractivity contribution in [2.75, 3.05) is 0 Å². The van der Waals surface area contributed by atoms with Gasteiger partial charge in [-0.1, -0.05) is 0 Å². The Balaban J connectivity index is 1.86. The Morgan fingerprint density at radius 1 is 1.17 bits per heavy atom. The number of pyridine rings is 1. The summed E-state index contributed by atoms with van der Waals surface area (Å²) in [5, 5.41) is 4.39. The lowest BCUT2D eigenvalue weighted by atomic mass is 10.3. The third kappa shape index (κ3) is 1.84. The van der Waals surface area contributed by atoms with E-state index in [1.165, 1.54) is 12.5 Å². The second-order valence-corrected chi connectivity index (χ2v) is 4.17. The van der Waals surface area contributed by atoms with Gasteiger partial charge in [0.2, 0.25) is 0 Å². The third-order valence-corrected chi connectivity index (χ3v) is 2.88. The van der Waals surface area contributed by atoms with Gasteiger partial charge in [-0.2, -0.15) is 5.10 Å². The number of ether oxygens (including phenoxy) is 2. The van der Waals surface area contributed by atoms with Crippen molar-refractivity contribution < 1.29 is 9.47 Å². The molecule has 0 bridgehead atoms. The van der Waals surface area contributed by atoms with Crippen LogP contribution in [0.2, 0.25) is 0 Å². The summed E-state index contributed by atoms with van der Waals surface area (Å²) in [5.74, 6) is 0.779. The zero-order valence-electron chi connectivity index (χ0n) is 10.2. The number of hydrogen-bond donors (Lipinski definition) is 0. The molecule has 0 amide bonds. The van der Waals surface area contributed by atoms with E-state index in [2.05, 4.69) is 10.1 Å². The van der Waals surface area contributed by atoms with Gasteiger partial charge >= 0.3 is 0 Å². The maximum Gasteiger partial charge on any atom is 0.267 e. The molecule has 0 saturated carbocycles. The molecule has 5 heteroatoms. The molecule has 1 aliphatic heterocycles. The van der Waals surface area contributed by atoms with Crippen LogP contribution in [0.1, 0.15) is 23.1 Å². The summed E-state index contributed by atoms with van der Waals surface area (Å²) in [6.07, 6.45) is 6.37. The van der Waals surface area contributed by atoms with Gasteiger partial charge in [-0.25, -0.2) is 9.67 Å². The van der Waals surface area contributed by atoms with Crippen molar-refractivity contribution in [1.29, 1.82) is 0 Å². The third-order valence-electron chi connectivity index (χ3n) is 2.88. The maximum atomic E-state index is 5.24. The van der Waals surface area contributed by atoms with Crippen molar-refractivity contribution in [2.45, 2.75) is 20.1 Å². The van der Waals surface area contributed by atoms with E-state index in [4.69, 9.17) is 9.47 Å². The number of aromatic nitrogens is 3. The predicted octanol–water partition coefficient (Wildman–Crippen LogP) is 2.40. The molecule has 92 valence electrons. The highest BCUT2D eigenvalue weighted by Crippen LogP contribution is 2.23. The Kier molecular flexibility index (Phi) is 2.51. The first-order valence-electron chi connectivity index (χ1n) is 5.69. The molecule has 3 rings (SSSR count). The molecule has 0 radical (unpaired) electrons. The summed E-state index contributed by atoms with van der Waals surface area (Å²) in [6, 6.07) is 3.82. The van der Waals surface area contributed by atoms with Gasteiger partial charge in [-0.15, -0.1) is 0 Å². The van der Waals surface area contributed by atoms with E-state index in [9.17, 15) is 0 Å². The Morgan fingerprint density at radius 2 is 1.94 bits per heavy atom. The first-order valence-corrected chi connectivity index (χ1v) is 5.69. The minimum Gasteiger partial charge on any atom is -0.455 e. The summed E-state index contributed by atoms with van der Waals surface area (Å²) in [6.45, 7) is 4.01. The lowest BCUT2D eigenvalue weighted by Gasteiger charge is -2.10. The molecule has 0 unspecified atom stereocenters. The summed E-state index contributed by atoms with van der Waals surface area (Å²) in [7, 11) is 0. The van der Waals surface area contributed by atoms with Gasteiger partial charge in [0.05, 0.1) is 11.3 Å². The highest BCUT2D eigenvalue weighted by molar-refractivity contribution is 5.28. The molecular formula is C13H13N3O2. The number of hydrogen-bond acceptors (Lipinski definition) is 4. The molecule has 5 nitrogen and oxygen atoms in total. The van der Waals surface area contributed by atoms with Crippen molar-refractivity contribution >= 4 is 0 Å². The molecule has 3 heterocycles. The maximum absolute atomic E-state index is 5.24. The summed E-state index contributed by atoms with van der Waals surface area (Å²) >= 11 is 0. The molecule has 0 atom stereocenters.